The number of aryl methyl sites for hydroxylation is 1. The van der Waals surface area contributed by atoms with E-state index in [0.717, 1.165) is 35.5 Å². The summed E-state index contributed by atoms with van der Waals surface area (Å²) in [6, 6.07) is 14.3. The molecule has 1 fully saturated rings. The monoisotopic (exact) mass is 452 g/mol. The molecule has 0 unspecified atom stereocenters. The number of benzene rings is 2. The molecule has 4 rings (SSSR count). The lowest BCUT2D eigenvalue weighted by molar-refractivity contribution is -0.188. The summed E-state index contributed by atoms with van der Waals surface area (Å²) < 4.78 is 18.6. The van der Waals surface area contributed by atoms with Gasteiger partial charge >= 0.3 is 5.97 Å². The second-order valence-corrected chi connectivity index (χ2v) is 10.1. The summed E-state index contributed by atoms with van der Waals surface area (Å²) in [6.07, 6.45) is 2.43. The molecule has 5 nitrogen and oxygen atoms in total. The molecule has 0 radical (unpaired) electrons. The van der Waals surface area contributed by atoms with E-state index >= 15 is 0 Å². The third-order valence-corrected chi connectivity index (χ3v) is 7.60. The van der Waals surface area contributed by atoms with Crippen molar-refractivity contribution >= 4 is 5.97 Å². The molecule has 5 heteroatoms. The van der Waals surface area contributed by atoms with Crippen LogP contribution in [0.5, 0.6) is 11.5 Å². The molecule has 2 aromatic rings. The van der Waals surface area contributed by atoms with Gasteiger partial charge in [0.15, 0.2) is 0 Å². The van der Waals surface area contributed by atoms with E-state index in [0.29, 0.717) is 18.8 Å². The number of aliphatic carboxylic acids is 1. The standard InChI is InChI=1S/C28H36O5/c1-6-17(2)20-11-8-12-21-25(20)33-28(3,4)23-16-22(27(29)30)24(32-26(21)23)14-13-18-9-7-10-19(15-18)31-5/h7-12,15,17,22-24,26H,6,13-14,16H2,1-5H3,(H,29,30)/t17-,22-,23+,24+,26-/m1/s1. The van der Waals surface area contributed by atoms with E-state index in [1.807, 2.05) is 18.2 Å². The summed E-state index contributed by atoms with van der Waals surface area (Å²) in [5, 5.41) is 10.1. The summed E-state index contributed by atoms with van der Waals surface area (Å²) in [6.45, 7) is 8.54. The zero-order valence-corrected chi connectivity index (χ0v) is 20.3. The van der Waals surface area contributed by atoms with Crippen LogP contribution in [0.25, 0.3) is 0 Å². The van der Waals surface area contributed by atoms with Crippen molar-refractivity contribution in [3.05, 3.63) is 59.2 Å². The van der Waals surface area contributed by atoms with Crippen LogP contribution in [0.2, 0.25) is 0 Å². The molecule has 2 aliphatic rings. The molecule has 1 saturated heterocycles. The van der Waals surface area contributed by atoms with Gasteiger partial charge in [-0.1, -0.05) is 44.2 Å². The average molecular weight is 453 g/mol. The number of ether oxygens (including phenoxy) is 3. The number of hydrogen-bond acceptors (Lipinski definition) is 4. The van der Waals surface area contributed by atoms with E-state index in [2.05, 4.69) is 52.0 Å². The Morgan fingerprint density at radius 2 is 2.00 bits per heavy atom. The van der Waals surface area contributed by atoms with Gasteiger partial charge < -0.3 is 19.3 Å². The molecule has 178 valence electrons. The molecule has 0 aromatic heterocycles. The Hall–Kier alpha value is -2.53. The summed E-state index contributed by atoms with van der Waals surface area (Å²) in [5.41, 5.74) is 2.88. The highest BCUT2D eigenvalue weighted by Gasteiger charge is 2.52. The molecule has 5 atom stereocenters. The fourth-order valence-corrected chi connectivity index (χ4v) is 5.39. The maximum atomic E-state index is 12.2. The van der Waals surface area contributed by atoms with Crippen LogP contribution in [0.3, 0.4) is 0 Å². The van der Waals surface area contributed by atoms with Crippen molar-refractivity contribution in [1.82, 2.24) is 0 Å². The third-order valence-electron chi connectivity index (χ3n) is 7.60. The van der Waals surface area contributed by atoms with Crippen LogP contribution in [-0.4, -0.2) is 29.9 Å². The maximum absolute atomic E-state index is 12.2. The number of hydrogen-bond donors (Lipinski definition) is 1. The molecule has 1 N–H and O–H groups in total. The molecule has 0 bridgehead atoms. The normalized spacial score (nSPS) is 26.5. The molecular weight excluding hydrogens is 416 g/mol. The first-order valence-corrected chi connectivity index (χ1v) is 12.1. The van der Waals surface area contributed by atoms with E-state index in [1.54, 1.807) is 7.11 Å². The van der Waals surface area contributed by atoms with Crippen molar-refractivity contribution in [2.45, 2.75) is 77.1 Å². The zero-order valence-electron chi connectivity index (χ0n) is 20.3. The van der Waals surface area contributed by atoms with Crippen LogP contribution in [0.4, 0.5) is 0 Å². The molecule has 0 spiro atoms. The largest absolute Gasteiger partial charge is 0.497 e. The number of methoxy groups -OCH3 is 1. The molecule has 33 heavy (non-hydrogen) atoms. The van der Waals surface area contributed by atoms with Gasteiger partial charge in [0.05, 0.1) is 25.2 Å². The minimum absolute atomic E-state index is 0.0219. The minimum atomic E-state index is -0.793. The molecule has 2 aliphatic heterocycles. The second-order valence-electron chi connectivity index (χ2n) is 10.1. The second kappa shape index (κ2) is 9.38. The fraction of sp³-hybridized carbons (Fsp3) is 0.536. The Balaban J connectivity index is 1.64. The van der Waals surface area contributed by atoms with Crippen LogP contribution >= 0.6 is 0 Å². The SMILES string of the molecule is CC[C@@H](C)c1cccc2c1OC(C)(C)[C@H]1C[C@@H](C(=O)O)[C@H](CCc3cccc(OC)c3)O[C@H]21. The van der Waals surface area contributed by atoms with Crippen LogP contribution in [0.15, 0.2) is 42.5 Å². The molecule has 2 heterocycles. The molecule has 0 aliphatic carbocycles. The lowest BCUT2D eigenvalue weighted by Crippen LogP contribution is -2.52. The van der Waals surface area contributed by atoms with Crippen molar-refractivity contribution in [3.8, 4) is 11.5 Å². The predicted molar refractivity (Wildman–Crippen MR) is 128 cm³/mol. The van der Waals surface area contributed by atoms with Gasteiger partial charge in [0.25, 0.3) is 0 Å². The van der Waals surface area contributed by atoms with Gasteiger partial charge in [0, 0.05) is 11.5 Å². The van der Waals surface area contributed by atoms with Crippen LogP contribution in [0, 0.1) is 11.8 Å². The van der Waals surface area contributed by atoms with Gasteiger partial charge in [-0.15, -0.1) is 0 Å². The summed E-state index contributed by atoms with van der Waals surface area (Å²) in [5.74, 6) is 0.749. The number of carbonyl (C=O) groups is 1. The third kappa shape index (κ3) is 4.61. The molecular formula is C28H36O5. The number of rotatable bonds is 7. The Morgan fingerprint density at radius 1 is 1.24 bits per heavy atom. The Morgan fingerprint density at radius 3 is 2.70 bits per heavy atom. The lowest BCUT2D eigenvalue weighted by Gasteiger charge is -2.51. The van der Waals surface area contributed by atoms with Gasteiger partial charge in [-0.05, 0) is 68.7 Å². The van der Waals surface area contributed by atoms with Crippen LogP contribution < -0.4 is 9.47 Å². The molecule has 2 aromatic carbocycles. The smallest absolute Gasteiger partial charge is 0.309 e. The van der Waals surface area contributed by atoms with E-state index in [-0.39, 0.29) is 18.1 Å². The van der Waals surface area contributed by atoms with Crippen LogP contribution in [-0.2, 0) is 16.0 Å². The Bertz CT molecular complexity index is 998. The maximum Gasteiger partial charge on any atom is 0.309 e. The van der Waals surface area contributed by atoms with E-state index in [1.165, 1.54) is 5.56 Å². The summed E-state index contributed by atoms with van der Waals surface area (Å²) in [7, 11) is 1.65. The van der Waals surface area contributed by atoms with Crippen molar-refractivity contribution in [2.75, 3.05) is 7.11 Å². The molecule has 0 amide bonds. The first-order valence-electron chi connectivity index (χ1n) is 12.1. The summed E-state index contributed by atoms with van der Waals surface area (Å²) in [4.78, 5) is 12.2. The van der Waals surface area contributed by atoms with Crippen molar-refractivity contribution in [2.24, 2.45) is 11.8 Å². The van der Waals surface area contributed by atoms with E-state index < -0.39 is 17.5 Å². The average Bonchev–Trinajstić information content (AvgIpc) is 2.81. The van der Waals surface area contributed by atoms with Gasteiger partial charge in [-0.25, -0.2) is 0 Å². The van der Waals surface area contributed by atoms with Gasteiger partial charge in [0.1, 0.15) is 17.1 Å². The predicted octanol–water partition coefficient (Wildman–Crippen LogP) is 6.16. The number of fused-ring (bicyclic) bond motifs is 3. The molecule has 0 saturated carbocycles. The first-order chi connectivity index (χ1) is 15.7. The topological polar surface area (TPSA) is 65.0 Å². The summed E-state index contributed by atoms with van der Waals surface area (Å²) >= 11 is 0. The van der Waals surface area contributed by atoms with E-state index in [4.69, 9.17) is 14.2 Å². The zero-order chi connectivity index (χ0) is 23.8. The number of para-hydroxylation sites is 1. The lowest BCUT2D eigenvalue weighted by atomic mass is 9.70. The van der Waals surface area contributed by atoms with Gasteiger partial charge in [-0.3, -0.25) is 4.79 Å². The van der Waals surface area contributed by atoms with E-state index in [9.17, 15) is 9.90 Å². The van der Waals surface area contributed by atoms with Gasteiger partial charge in [0.2, 0.25) is 0 Å². The Labute approximate surface area is 197 Å². The number of carboxylic acids is 1. The highest BCUT2D eigenvalue weighted by molar-refractivity contribution is 5.71. The van der Waals surface area contributed by atoms with Gasteiger partial charge in [-0.2, -0.15) is 0 Å². The van der Waals surface area contributed by atoms with Crippen molar-refractivity contribution in [1.29, 1.82) is 0 Å². The highest BCUT2D eigenvalue weighted by atomic mass is 16.5. The number of carboxylic acid groups (broad SMARTS) is 1. The Kier molecular flexibility index (Phi) is 6.71. The first kappa shape index (κ1) is 23.6. The van der Waals surface area contributed by atoms with Crippen molar-refractivity contribution < 1.29 is 24.1 Å². The fourth-order valence-electron chi connectivity index (χ4n) is 5.39. The quantitative estimate of drug-likeness (QED) is 0.545. The van der Waals surface area contributed by atoms with Crippen molar-refractivity contribution in [3.63, 3.8) is 0 Å². The minimum Gasteiger partial charge on any atom is -0.497 e. The highest BCUT2D eigenvalue weighted by Crippen LogP contribution is 2.54. The van der Waals surface area contributed by atoms with Crippen LogP contribution in [0.1, 0.15) is 75.7 Å².